The standard InChI is InChI=1S/C20H23N3O7S/c1-4-22(5-2)31(28,29)16-10-8-9-15(13-16)20(25)30-14(3)19(24)21-17-11-6-7-12-18(17)23(26)27/h6-14H,4-5H2,1-3H3,(H,21,24). The third-order valence-corrected chi connectivity index (χ3v) is 6.47. The van der Waals surface area contributed by atoms with Crippen molar-refractivity contribution in [3.05, 3.63) is 64.2 Å². The average molecular weight is 449 g/mol. The van der Waals surface area contributed by atoms with E-state index in [1.54, 1.807) is 13.8 Å². The van der Waals surface area contributed by atoms with Gasteiger partial charge < -0.3 is 10.1 Å². The summed E-state index contributed by atoms with van der Waals surface area (Å²) >= 11 is 0. The molecule has 0 aliphatic heterocycles. The number of nitro groups is 1. The Balaban J connectivity index is 2.15. The van der Waals surface area contributed by atoms with Gasteiger partial charge in [0.05, 0.1) is 15.4 Å². The summed E-state index contributed by atoms with van der Waals surface area (Å²) in [5.41, 5.74) is -0.380. The van der Waals surface area contributed by atoms with Crippen molar-refractivity contribution in [1.29, 1.82) is 0 Å². The molecule has 1 N–H and O–H groups in total. The van der Waals surface area contributed by atoms with Crippen LogP contribution in [0.25, 0.3) is 0 Å². The molecule has 166 valence electrons. The molecule has 2 aromatic carbocycles. The molecular weight excluding hydrogens is 426 g/mol. The van der Waals surface area contributed by atoms with E-state index in [0.29, 0.717) is 0 Å². The molecule has 1 atom stereocenters. The molecule has 0 fully saturated rings. The first-order chi connectivity index (χ1) is 14.6. The van der Waals surface area contributed by atoms with Crippen LogP contribution in [0, 0.1) is 10.1 Å². The molecule has 1 unspecified atom stereocenters. The molecule has 1 amide bonds. The van der Waals surface area contributed by atoms with Gasteiger partial charge in [-0.2, -0.15) is 4.31 Å². The third kappa shape index (κ3) is 5.64. The second-order valence-electron chi connectivity index (χ2n) is 6.43. The van der Waals surface area contributed by atoms with Crippen LogP contribution in [0.5, 0.6) is 0 Å². The number of nitrogens with zero attached hydrogens (tertiary/aromatic N) is 2. The van der Waals surface area contributed by atoms with E-state index >= 15 is 0 Å². The topological polar surface area (TPSA) is 136 Å². The normalized spacial score (nSPS) is 12.3. The summed E-state index contributed by atoms with van der Waals surface area (Å²) < 4.78 is 31.7. The molecule has 0 aromatic heterocycles. The van der Waals surface area contributed by atoms with E-state index in [0.717, 1.165) is 0 Å². The van der Waals surface area contributed by atoms with Gasteiger partial charge in [-0.3, -0.25) is 14.9 Å². The molecular formula is C20H23N3O7S. The van der Waals surface area contributed by atoms with Crippen LogP contribution < -0.4 is 5.32 Å². The van der Waals surface area contributed by atoms with Crippen molar-refractivity contribution in [3.8, 4) is 0 Å². The lowest BCUT2D eigenvalue weighted by Crippen LogP contribution is -2.31. The van der Waals surface area contributed by atoms with Gasteiger partial charge in [0.15, 0.2) is 6.10 Å². The van der Waals surface area contributed by atoms with Gasteiger partial charge in [0, 0.05) is 19.2 Å². The number of rotatable bonds is 9. The summed E-state index contributed by atoms with van der Waals surface area (Å²) in [6.45, 7) is 5.26. The number of nitro benzene ring substituents is 1. The molecule has 0 bridgehead atoms. The van der Waals surface area contributed by atoms with Crippen molar-refractivity contribution in [3.63, 3.8) is 0 Å². The maximum atomic E-state index is 12.6. The van der Waals surface area contributed by atoms with Crippen molar-refractivity contribution < 1.29 is 27.7 Å². The Morgan fingerprint density at radius 1 is 1.13 bits per heavy atom. The summed E-state index contributed by atoms with van der Waals surface area (Å²) in [5.74, 6) is -1.67. The summed E-state index contributed by atoms with van der Waals surface area (Å²) in [5, 5.41) is 13.4. The second kappa shape index (κ2) is 10.1. The Bertz CT molecular complexity index is 1080. The summed E-state index contributed by atoms with van der Waals surface area (Å²) in [6.07, 6.45) is -1.28. The van der Waals surface area contributed by atoms with E-state index in [9.17, 15) is 28.1 Å². The van der Waals surface area contributed by atoms with Crippen molar-refractivity contribution >= 4 is 33.3 Å². The lowest BCUT2D eigenvalue weighted by atomic mass is 10.2. The van der Waals surface area contributed by atoms with E-state index in [1.807, 2.05) is 0 Å². The Kier molecular flexibility index (Phi) is 7.83. The highest BCUT2D eigenvalue weighted by atomic mass is 32.2. The average Bonchev–Trinajstić information content (AvgIpc) is 2.74. The number of esters is 1. The van der Waals surface area contributed by atoms with E-state index in [-0.39, 0.29) is 34.9 Å². The number of amides is 1. The number of benzene rings is 2. The fraction of sp³-hybridized carbons (Fsp3) is 0.300. The number of carbonyl (C=O) groups is 2. The predicted molar refractivity (Wildman–Crippen MR) is 113 cm³/mol. The zero-order valence-electron chi connectivity index (χ0n) is 17.3. The van der Waals surface area contributed by atoms with Crippen LogP contribution in [0.4, 0.5) is 11.4 Å². The number of anilines is 1. The monoisotopic (exact) mass is 449 g/mol. The largest absolute Gasteiger partial charge is 0.449 e. The highest BCUT2D eigenvalue weighted by molar-refractivity contribution is 7.89. The molecule has 0 radical (unpaired) electrons. The first-order valence-corrected chi connectivity index (χ1v) is 10.9. The molecule has 11 heteroatoms. The number of ether oxygens (including phenoxy) is 1. The Morgan fingerprint density at radius 3 is 2.39 bits per heavy atom. The summed E-state index contributed by atoms with van der Waals surface area (Å²) in [4.78, 5) is 35.1. The van der Waals surface area contributed by atoms with Gasteiger partial charge in [0.2, 0.25) is 10.0 Å². The fourth-order valence-electron chi connectivity index (χ4n) is 2.75. The zero-order valence-corrected chi connectivity index (χ0v) is 18.1. The minimum absolute atomic E-state index is 0.0345. The molecule has 0 heterocycles. The zero-order chi connectivity index (χ0) is 23.2. The minimum atomic E-state index is -3.77. The molecule has 2 rings (SSSR count). The van der Waals surface area contributed by atoms with Crippen LogP contribution in [0.15, 0.2) is 53.4 Å². The highest BCUT2D eigenvalue weighted by Gasteiger charge is 2.25. The van der Waals surface area contributed by atoms with Gasteiger partial charge in [-0.25, -0.2) is 13.2 Å². The molecule has 0 saturated carbocycles. The lowest BCUT2D eigenvalue weighted by Gasteiger charge is -2.19. The van der Waals surface area contributed by atoms with E-state index in [2.05, 4.69) is 5.32 Å². The van der Waals surface area contributed by atoms with Crippen LogP contribution in [0.3, 0.4) is 0 Å². The van der Waals surface area contributed by atoms with E-state index in [1.165, 1.54) is 59.8 Å². The van der Waals surface area contributed by atoms with Crippen LogP contribution in [0.1, 0.15) is 31.1 Å². The molecule has 0 aliphatic carbocycles. The molecule has 0 spiro atoms. The van der Waals surface area contributed by atoms with E-state index in [4.69, 9.17) is 4.74 Å². The molecule has 10 nitrogen and oxygen atoms in total. The highest BCUT2D eigenvalue weighted by Crippen LogP contribution is 2.23. The number of para-hydroxylation sites is 2. The number of carbonyl (C=O) groups excluding carboxylic acids is 2. The second-order valence-corrected chi connectivity index (χ2v) is 8.37. The van der Waals surface area contributed by atoms with Gasteiger partial charge >= 0.3 is 5.97 Å². The lowest BCUT2D eigenvalue weighted by molar-refractivity contribution is -0.383. The van der Waals surface area contributed by atoms with Gasteiger partial charge in [0.25, 0.3) is 11.6 Å². The Morgan fingerprint density at radius 2 is 1.77 bits per heavy atom. The molecule has 2 aromatic rings. The van der Waals surface area contributed by atoms with E-state index < -0.39 is 32.9 Å². The quantitative estimate of drug-likeness (QED) is 0.353. The summed E-state index contributed by atoms with van der Waals surface area (Å²) in [7, 11) is -3.77. The van der Waals surface area contributed by atoms with Crippen LogP contribution in [-0.2, 0) is 19.6 Å². The summed E-state index contributed by atoms with van der Waals surface area (Å²) in [6, 6.07) is 10.9. The molecule has 0 saturated heterocycles. The Hall–Kier alpha value is -3.31. The SMILES string of the molecule is CCN(CC)S(=O)(=O)c1cccc(C(=O)OC(C)C(=O)Nc2ccccc2[N+](=O)[O-])c1. The first-order valence-electron chi connectivity index (χ1n) is 9.47. The smallest absolute Gasteiger partial charge is 0.338 e. The van der Waals surface area contributed by atoms with Gasteiger partial charge in [0.1, 0.15) is 5.69 Å². The molecule has 0 aliphatic rings. The number of hydrogen-bond acceptors (Lipinski definition) is 7. The van der Waals surface area contributed by atoms with Gasteiger partial charge in [-0.1, -0.05) is 32.0 Å². The predicted octanol–water partition coefficient (Wildman–Crippen LogP) is 2.81. The van der Waals surface area contributed by atoms with Crippen molar-refractivity contribution in [2.45, 2.75) is 31.8 Å². The van der Waals surface area contributed by atoms with Crippen molar-refractivity contribution in [2.24, 2.45) is 0 Å². The molecule has 31 heavy (non-hydrogen) atoms. The number of sulfonamides is 1. The van der Waals surface area contributed by atoms with Gasteiger partial charge in [-0.05, 0) is 31.2 Å². The number of nitrogens with one attached hydrogen (secondary N) is 1. The van der Waals surface area contributed by atoms with Crippen molar-refractivity contribution in [2.75, 3.05) is 18.4 Å². The number of hydrogen-bond donors (Lipinski definition) is 1. The van der Waals surface area contributed by atoms with Crippen molar-refractivity contribution in [1.82, 2.24) is 4.31 Å². The van der Waals surface area contributed by atoms with Crippen LogP contribution in [-0.4, -0.2) is 48.7 Å². The van der Waals surface area contributed by atoms with Gasteiger partial charge in [-0.15, -0.1) is 0 Å². The third-order valence-electron chi connectivity index (χ3n) is 4.42. The Labute approximate surface area is 180 Å². The minimum Gasteiger partial charge on any atom is -0.449 e. The van der Waals surface area contributed by atoms with Crippen LogP contribution in [0.2, 0.25) is 0 Å². The van der Waals surface area contributed by atoms with Crippen LogP contribution >= 0.6 is 0 Å². The maximum absolute atomic E-state index is 12.6. The maximum Gasteiger partial charge on any atom is 0.338 e. The first kappa shape index (κ1) is 24.0. The fourth-order valence-corrected chi connectivity index (χ4v) is 4.26.